The molecular formula is C14H14BrNO2S. The fourth-order valence-corrected chi connectivity index (χ4v) is 3.28. The van der Waals surface area contributed by atoms with E-state index >= 15 is 0 Å². The van der Waals surface area contributed by atoms with Gasteiger partial charge in [-0.1, -0.05) is 0 Å². The predicted molar refractivity (Wildman–Crippen MR) is 80.0 cm³/mol. The molecule has 0 atom stereocenters. The number of halogens is 1. The average molecular weight is 340 g/mol. The van der Waals surface area contributed by atoms with Crippen LogP contribution in [0.5, 0.6) is 11.5 Å². The van der Waals surface area contributed by atoms with Crippen molar-refractivity contribution in [3.05, 3.63) is 44.6 Å². The normalized spacial score (nSPS) is 13.5. The molecule has 1 aromatic carbocycles. The third-order valence-electron chi connectivity index (χ3n) is 2.89. The number of rotatable bonds is 4. The Labute approximate surface area is 124 Å². The molecule has 5 heteroatoms. The number of nitrogens with one attached hydrogen (secondary N) is 1. The summed E-state index contributed by atoms with van der Waals surface area (Å²) in [5, 5.41) is 7.68. The summed E-state index contributed by atoms with van der Waals surface area (Å²) >= 11 is 5.26. The van der Waals surface area contributed by atoms with Crippen molar-refractivity contribution in [1.29, 1.82) is 0 Å². The fourth-order valence-electron chi connectivity index (χ4n) is 2.01. The lowest BCUT2D eigenvalue weighted by Crippen LogP contribution is -2.17. The van der Waals surface area contributed by atoms with Crippen LogP contribution in [0.2, 0.25) is 0 Å². The first-order valence-electron chi connectivity index (χ1n) is 6.13. The van der Waals surface area contributed by atoms with Gasteiger partial charge < -0.3 is 14.8 Å². The lowest BCUT2D eigenvalue weighted by molar-refractivity contribution is 0.170. The Bertz CT molecular complexity index is 557. The van der Waals surface area contributed by atoms with E-state index < -0.39 is 0 Å². The Morgan fingerprint density at radius 1 is 1.16 bits per heavy atom. The lowest BCUT2D eigenvalue weighted by atomic mass is 10.2. The van der Waals surface area contributed by atoms with E-state index in [1.54, 1.807) is 11.3 Å². The highest BCUT2D eigenvalue weighted by atomic mass is 79.9. The van der Waals surface area contributed by atoms with Crippen molar-refractivity contribution >= 4 is 27.3 Å². The molecular weight excluding hydrogens is 326 g/mol. The third-order valence-corrected chi connectivity index (χ3v) is 4.22. The number of fused-ring (bicyclic) bond motifs is 1. The number of ether oxygens (including phenoxy) is 2. The van der Waals surface area contributed by atoms with Gasteiger partial charge in [0.25, 0.3) is 0 Å². The summed E-state index contributed by atoms with van der Waals surface area (Å²) in [4.78, 5) is 0. The van der Waals surface area contributed by atoms with Crippen LogP contribution in [0.25, 0.3) is 0 Å². The molecule has 0 unspecified atom stereocenters. The molecule has 0 amide bonds. The van der Waals surface area contributed by atoms with E-state index in [1.807, 2.05) is 6.07 Å². The second-order valence-corrected chi connectivity index (χ2v) is 5.97. The maximum atomic E-state index is 5.62. The van der Waals surface area contributed by atoms with Crippen LogP contribution in [0.4, 0.5) is 0 Å². The molecule has 100 valence electrons. The zero-order chi connectivity index (χ0) is 13.1. The van der Waals surface area contributed by atoms with Gasteiger partial charge in [-0.25, -0.2) is 0 Å². The Morgan fingerprint density at radius 2 is 2.00 bits per heavy atom. The second kappa shape index (κ2) is 5.94. The van der Waals surface area contributed by atoms with E-state index in [9.17, 15) is 0 Å². The molecule has 2 heterocycles. The quantitative estimate of drug-likeness (QED) is 0.923. The van der Waals surface area contributed by atoms with Gasteiger partial charge in [-0.15, -0.1) is 0 Å². The molecule has 3 rings (SSSR count). The summed E-state index contributed by atoms with van der Waals surface area (Å²) in [5.41, 5.74) is 2.51. The second-order valence-electron chi connectivity index (χ2n) is 4.34. The van der Waals surface area contributed by atoms with Gasteiger partial charge in [0.15, 0.2) is 11.5 Å². The van der Waals surface area contributed by atoms with E-state index in [1.165, 1.54) is 11.1 Å². The maximum absolute atomic E-state index is 5.62. The summed E-state index contributed by atoms with van der Waals surface area (Å²) in [7, 11) is 0. The van der Waals surface area contributed by atoms with Crippen LogP contribution < -0.4 is 14.8 Å². The molecule has 1 aliphatic rings. The minimum Gasteiger partial charge on any atom is -0.486 e. The smallest absolute Gasteiger partial charge is 0.175 e. The van der Waals surface area contributed by atoms with Gasteiger partial charge in [0.05, 0.1) is 4.47 Å². The fraction of sp³-hybridized carbons (Fsp3) is 0.286. The van der Waals surface area contributed by atoms with Gasteiger partial charge in [-0.05, 0) is 56.0 Å². The van der Waals surface area contributed by atoms with Crippen LogP contribution in [0, 0.1) is 0 Å². The van der Waals surface area contributed by atoms with Gasteiger partial charge >= 0.3 is 0 Å². The molecule has 1 aromatic heterocycles. The zero-order valence-electron chi connectivity index (χ0n) is 10.3. The average Bonchev–Trinajstić information content (AvgIpc) is 2.92. The molecule has 1 aliphatic heterocycles. The van der Waals surface area contributed by atoms with Crippen LogP contribution in [-0.2, 0) is 13.1 Å². The van der Waals surface area contributed by atoms with Crippen molar-refractivity contribution in [2.45, 2.75) is 13.1 Å². The highest BCUT2D eigenvalue weighted by molar-refractivity contribution is 9.10. The minimum absolute atomic E-state index is 0.612. The molecule has 0 saturated carbocycles. The molecule has 0 spiro atoms. The molecule has 0 saturated heterocycles. The standard InChI is InChI=1S/C14H14BrNO2S/c15-12-5-11(6-13-14(12)18-3-2-17-13)8-16-7-10-1-4-19-9-10/h1,4-6,9,16H,2-3,7-8H2. The van der Waals surface area contributed by atoms with Crippen LogP contribution in [0.1, 0.15) is 11.1 Å². The van der Waals surface area contributed by atoms with Crippen molar-refractivity contribution < 1.29 is 9.47 Å². The van der Waals surface area contributed by atoms with Crippen LogP contribution in [-0.4, -0.2) is 13.2 Å². The highest BCUT2D eigenvalue weighted by Crippen LogP contribution is 2.38. The zero-order valence-corrected chi connectivity index (χ0v) is 12.7. The van der Waals surface area contributed by atoms with Gasteiger partial charge in [-0.3, -0.25) is 0 Å². The molecule has 19 heavy (non-hydrogen) atoms. The van der Waals surface area contributed by atoms with Crippen LogP contribution >= 0.6 is 27.3 Å². The monoisotopic (exact) mass is 339 g/mol. The SMILES string of the molecule is Brc1cc(CNCc2ccsc2)cc2c1OCCO2. The van der Waals surface area contributed by atoms with Crippen molar-refractivity contribution in [1.82, 2.24) is 5.32 Å². The van der Waals surface area contributed by atoms with E-state index in [-0.39, 0.29) is 0 Å². The largest absolute Gasteiger partial charge is 0.486 e. The van der Waals surface area contributed by atoms with Crippen LogP contribution in [0.15, 0.2) is 33.4 Å². The number of hydrogen-bond acceptors (Lipinski definition) is 4. The van der Waals surface area contributed by atoms with E-state index in [0.717, 1.165) is 29.1 Å². The Hall–Kier alpha value is -1.04. The predicted octanol–water partition coefficient (Wildman–Crippen LogP) is 3.57. The first-order valence-corrected chi connectivity index (χ1v) is 7.86. The third kappa shape index (κ3) is 3.11. The molecule has 2 aromatic rings. The number of hydrogen-bond donors (Lipinski definition) is 1. The van der Waals surface area contributed by atoms with Crippen LogP contribution in [0.3, 0.4) is 0 Å². The molecule has 0 bridgehead atoms. The summed E-state index contributed by atoms with van der Waals surface area (Å²) in [5.74, 6) is 1.64. The summed E-state index contributed by atoms with van der Waals surface area (Å²) in [6.07, 6.45) is 0. The van der Waals surface area contributed by atoms with E-state index in [0.29, 0.717) is 13.2 Å². The highest BCUT2D eigenvalue weighted by Gasteiger charge is 2.16. The van der Waals surface area contributed by atoms with Gasteiger partial charge in [0, 0.05) is 13.1 Å². The van der Waals surface area contributed by atoms with Crippen molar-refractivity contribution in [3.8, 4) is 11.5 Å². The van der Waals surface area contributed by atoms with E-state index in [2.05, 4.69) is 44.1 Å². The number of benzene rings is 1. The van der Waals surface area contributed by atoms with Crippen molar-refractivity contribution in [3.63, 3.8) is 0 Å². The summed E-state index contributed by atoms with van der Waals surface area (Å²) < 4.78 is 12.2. The molecule has 1 N–H and O–H groups in total. The Kier molecular flexibility index (Phi) is 4.06. The number of thiophene rings is 1. The maximum Gasteiger partial charge on any atom is 0.175 e. The summed E-state index contributed by atoms with van der Waals surface area (Å²) in [6, 6.07) is 6.26. The van der Waals surface area contributed by atoms with Gasteiger partial charge in [0.2, 0.25) is 0 Å². The topological polar surface area (TPSA) is 30.5 Å². The van der Waals surface area contributed by atoms with Gasteiger partial charge in [-0.2, -0.15) is 11.3 Å². The Balaban J connectivity index is 1.66. The molecule has 3 nitrogen and oxygen atoms in total. The molecule has 0 radical (unpaired) electrons. The van der Waals surface area contributed by atoms with Gasteiger partial charge in [0.1, 0.15) is 13.2 Å². The van der Waals surface area contributed by atoms with Crippen molar-refractivity contribution in [2.75, 3.05) is 13.2 Å². The lowest BCUT2D eigenvalue weighted by Gasteiger charge is -2.20. The van der Waals surface area contributed by atoms with E-state index in [4.69, 9.17) is 9.47 Å². The Morgan fingerprint density at radius 3 is 2.84 bits per heavy atom. The summed E-state index contributed by atoms with van der Waals surface area (Å²) in [6.45, 7) is 2.92. The minimum atomic E-state index is 0.612. The van der Waals surface area contributed by atoms with Crippen molar-refractivity contribution in [2.24, 2.45) is 0 Å². The molecule has 0 aliphatic carbocycles. The molecule has 0 fully saturated rings. The first-order chi connectivity index (χ1) is 9.33. The first kappa shape index (κ1) is 13.0.